The second-order valence-corrected chi connectivity index (χ2v) is 6.27. The zero-order chi connectivity index (χ0) is 13.6. The second kappa shape index (κ2) is 4.57. The highest BCUT2D eigenvalue weighted by Gasteiger charge is 2.36. The first kappa shape index (κ1) is 12.6. The van der Waals surface area contributed by atoms with Crippen LogP contribution in [0.3, 0.4) is 0 Å². The smallest absolute Gasteiger partial charge is 0.251 e. The van der Waals surface area contributed by atoms with Gasteiger partial charge in [0.15, 0.2) is 5.13 Å². The normalized spacial score (nSPS) is 19.5. The Hall–Kier alpha value is -1.47. The maximum atomic E-state index is 11.8. The molecule has 1 unspecified atom stereocenters. The first-order chi connectivity index (χ1) is 9.04. The molecule has 5 nitrogen and oxygen atoms in total. The highest BCUT2D eigenvalue weighted by molar-refractivity contribution is 9.10. The minimum Gasteiger partial charge on any atom is -0.349 e. The number of fused-ring (bicyclic) bond motifs is 1. The molecule has 0 aliphatic carbocycles. The third-order valence-corrected chi connectivity index (χ3v) is 4.47. The van der Waals surface area contributed by atoms with E-state index in [1.165, 1.54) is 18.4 Å². The van der Waals surface area contributed by atoms with Crippen LogP contribution in [0.25, 0.3) is 10.2 Å². The van der Waals surface area contributed by atoms with Crippen LogP contribution in [0.15, 0.2) is 22.7 Å². The predicted octanol–water partition coefficient (Wildman–Crippen LogP) is 2.23. The Kier molecular flexibility index (Phi) is 3.02. The summed E-state index contributed by atoms with van der Waals surface area (Å²) in [5.74, 6) is -0.364. The molecule has 1 fully saturated rings. The van der Waals surface area contributed by atoms with Crippen LogP contribution >= 0.6 is 27.3 Å². The van der Waals surface area contributed by atoms with E-state index < -0.39 is 6.04 Å². The average Bonchev–Trinajstić information content (AvgIpc) is 2.86. The molecule has 19 heavy (non-hydrogen) atoms. The van der Waals surface area contributed by atoms with Gasteiger partial charge in [0.2, 0.25) is 5.91 Å². The number of nitrogens with zero attached hydrogens (tertiary/aromatic N) is 2. The number of hydrogen-bond acceptors (Lipinski definition) is 5. The van der Waals surface area contributed by atoms with Crippen molar-refractivity contribution in [3.63, 3.8) is 0 Å². The van der Waals surface area contributed by atoms with Gasteiger partial charge < -0.3 is 5.32 Å². The highest BCUT2D eigenvalue weighted by atomic mass is 79.9. The lowest BCUT2D eigenvalue weighted by atomic mass is 10.2. The number of thiazole rings is 1. The van der Waals surface area contributed by atoms with Crippen molar-refractivity contribution < 1.29 is 9.59 Å². The summed E-state index contributed by atoms with van der Waals surface area (Å²) >= 11 is 4.88. The van der Waals surface area contributed by atoms with Gasteiger partial charge in [-0.05, 0) is 18.2 Å². The monoisotopic (exact) mass is 339 g/mol. The molecule has 1 aromatic heterocycles. The number of amides is 2. The molecule has 2 amide bonds. The molecule has 1 saturated heterocycles. The first-order valence-electron chi connectivity index (χ1n) is 5.67. The van der Waals surface area contributed by atoms with Crippen molar-refractivity contribution in [1.82, 2.24) is 9.88 Å². The van der Waals surface area contributed by atoms with Crippen molar-refractivity contribution in [2.24, 2.45) is 0 Å². The fourth-order valence-corrected chi connectivity index (χ4v) is 3.45. The van der Waals surface area contributed by atoms with E-state index in [0.717, 1.165) is 19.6 Å². The molecule has 7 heteroatoms. The molecular weight excluding hydrogens is 330 g/mol. The Morgan fingerprint density at radius 2 is 2.26 bits per heavy atom. The van der Waals surface area contributed by atoms with Gasteiger partial charge in [-0.15, -0.1) is 0 Å². The lowest BCUT2D eigenvalue weighted by Crippen LogP contribution is -2.31. The summed E-state index contributed by atoms with van der Waals surface area (Å²) in [7, 11) is 1.50. The minimum atomic E-state index is -0.499. The molecule has 1 aliphatic rings. The Balaban J connectivity index is 1.86. The lowest BCUT2D eigenvalue weighted by molar-refractivity contribution is -0.136. The molecule has 0 radical (unpaired) electrons. The van der Waals surface area contributed by atoms with Crippen molar-refractivity contribution in [3.05, 3.63) is 22.7 Å². The van der Waals surface area contributed by atoms with E-state index in [1.54, 1.807) is 0 Å². The van der Waals surface area contributed by atoms with Crippen LogP contribution in [0, 0.1) is 0 Å². The quantitative estimate of drug-likeness (QED) is 0.852. The second-order valence-electron chi connectivity index (χ2n) is 4.32. The van der Waals surface area contributed by atoms with Gasteiger partial charge in [-0.3, -0.25) is 14.5 Å². The van der Waals surface area contributed by atoms with Gasteiger partial charge >= 0.3 is 0 Å². The van der Waals surface area contributed by atoms with Crippen LogP contribution in [0.5, 0.6) is 0 Å². The van der Waals surface area contributed by atoms with Gasteiger partial charge in [-0.2, -0.15) is 0 Å². The number of hydrogen-bond donors (Lipinski definition) is 1. The summed E-state index contributed by atoms with van der Waals surface area (Å²) < 4.78 is 2.02. The molecule has 0 spiro atoms. The third kappa shape index (κ3) is 2.23. The lowest BCUT2D eigenvalue weighted by Gasteiger charge is -2.09. The molecule has 1 N–H and O–H groups in total. The third-order valence-electron chi connectivity index (χ3n) is 3.03. The Bertz CT molecular complexity index is 685. The highest BCUT2D eigenvalue weighted by Crippen LogP contribution is 2.29. The summed E-state index contributed by atoms with van der Waals surface area (Å²) in [5.41, 5.74) is 0.876. The fourth-order valence-electron chi connectivity index (χ4n) is 1.98. The number of benzene rings is 1. The van der Waals surface area contributed by atoms with Gasteiger partial charge in [0.25, 0.3) is 5.91 Å². The number of carbonyl (C=O) groups excluding carboxylic acids is 2. The molecule has 2 heterocycles. The van der Waals surface area contributed by atoms with E-state index in [2.05, 4.69) is 26.2 Å². The number of rotatable bonds is 2. The van der Waals surface area contributed by atoms with E-state index in [9.17, 15) is 9.59 Å². The van der Waals surface area contributed by atoms with Crippen LogP contribution in [0.2, 0.25) is 0 Å². The number of likely N-dealkylation sites (N-methyl/N-ethyl adjacent to an activating group) is 1. The molecular formula is C12H10BrN3O2S. The van der Waals surface area contributed by atoms with E-state index >= 15 is 0 Å². The maximum absolute atomic E-state index is 11.8. The number of aromatic nitrogens is 1. The fraction of sp³-hybridized carbons (Fsp3) is 0.250. The van der Waals surface area contributed by atoms with Crippen LogP contribution in [-0.2, 0) is 9.59 Å². The maximum Gasteiger partial charge on any atom is 0.251 e. The van der Waals surface area contributed by atoms with Crippen LogP contribution in [-0.4, -0.2) is 34.8 Å². The molecule has 3 rings (SSSR count). The van der Waals surface area contributed by atoms with E-state index in [-0.39, 0.29) is 18.2 Å². The van der Waals surface area contributed by atoms with Crippen molar-refractivity contribution in [1.29, 1.82) is 0 Å². The Labute approximate surface area is 121 Å². The van der Waals surface area contributed by atoms with Crippen molar-refractivity contribution >= 4 is 54.4 Å². The van der Waals surface area contributed by atoms with Crippen LogP contribution < -0.4 is 5.32 Å². The average molecular weight is 340 g/mol. The molecule has 0 saturated carbocycles. The summed E-state index contributed by atoms with van der Waals surface area (Å²) in [4.78, 5) is 28.8. The SMILES string of the molecule is CN1C(=O)CC(Nc2nc3ccc(Br)cc3s2)C1=O. The Morgan fingerprint density at radius 3 is 2.95 bits per heavy atom. The van der Waals surface area contributed by atoms with Gasteiger partial charge in [0, 0.05) is 11.5 Å². The number of imide groups is 1. The zero-order valence-corrected chi connectivity index (χ0v) is 12.4. The minimum absolute atomic E-state index is 0.161. The topological polar surface area (TPSA) is 62.3 Å². The summed E-state index contributed by atoms with van der Waals surface area (Å²) in [5, 5.41) is 3.70. The molecule has 2 aromatic rings. The summed E-state index contributed by atoms with van der Waals surface area (Å²) in [6.45, 7) is 0. The standard InChI is InChI=1S/C12H10BrN3O2S/c1-16-10(17)5-8(11(16)18)15-12-14-7-3-2-6(13)4-9(7)19-12/h2-4,8H,5H2,1H3,(H,14,15). The van der Waals surface area contributed by atoms with E-state index in [0.29, 0.717) is 5.13 Å². The number of halogens is 1. The van der Waals surface area contributed by atoms with Gasteiger partial charge in [0.1, 0.15) is 6.04 Å². The number of anilines is 1. The van der Waals surface area contributed by atoms with Gasteiger partial charge in [0.05, 0.1) is 16.6 Å². The molecule has 1 aromatic carbocycles. The molecule has 1 atom stereocenters. The summed E-state index contributed by atoms with van der Waals surface area (Å²) in [6, 6.07) is 5.31. The largest absolute Gasteiger partial charge is 0.349 e. The number of nitrogens with one attached hydrogen (secondary N) is 1. The summed E-state index contributed by atoms with van der Waals surface area (Å²) in [6.07, 6.45) is 0.189. The van der Waals surface area contributed by atoms with Crippen LogP contribution in [0.4, 0.5) is 5.13 Å². The number of carbonyl (C=O) groups is 2. The van der Waals surface area contributed by atoms with E-state index in [1.807, 2.05) is 18.2 Å². The zero-order valence-electron chi connectivity index (χ0n) is 10.0. The first-order valence-corrected chi connectivity index (χ1v) is 7.28. The van der Waals surface area contributed by atoms with Crippen molar-refractivity contribution in [2.45, 2.75) is 12.5 Å². The molecule has 0 bridgehead atoms. The van der Waals surface area contributed by atoms with Gasteiger partial charge in [-0.1, -0.05) is 27.3 Å². The van der Waals surface area contributed by atoms with Crippen molar-refractivity contribution in [2.75, 3.05) is 12.4 Å². The molecule has 98 valence electrons. The predicted molar refractivity (Wildman–Crippen MR) is 77.1 cm³/mol. The number of likely N-dealkylation sites (tertiary alicyclic amines) is 1. The Morgan fingerprint density at radius 1 is 1.47 bits per heavy atom. The van der Waals surface area contributed by atoms with Crippen LogP contribution in [0.1, 0.15) is 6.42 Å². The molecule has 1 aliphatic heterocycles. The van der Waals surface area contributed by atoms with Crippen molar-refractivity contribution in [3.8, 4) is 0 Å². The van der Waals surface area contributed by atoms with E-state index in [4.69, 9.17) is 0 Å². The van der Waals surface area contributed by atoms with Gasteiger partial charge in [-0.25, -0.2) is 4.98 Å².